The molecule has 0 spiro atoms. The van der Waals surface area contributed by atoms with Crippen molar-refractivity contribution in [1.82, 2.24) is 0 Å². The Hall–Kier alpha value is -0.900. The Kier molecular flexibility index (Phi) is 4.97. The van der Waals surface area contributed by atoms with Gasteiger partial charge in [-0.2, -0.15) is 0 Å². The van der Waals surface area contributed by atoms with Crippen LogP contribution in [0.4, 0.5) is 5.69 Å². The van der Waals surface area contributed by atoms with Crippen LogP contribution in [0.5, 0.6) is 5.75 Å². The van der Waals surface area contributed by atoms with Crippen molar-refractivity contribution < 1.29 is 4.74 Å². The highest BCUT2D eigenvalue weighted by Gasteiger charge is 2.05. The maximum absolute atomic E-state index is 6.14. The van der Waals surface area contributed by atoms with Gasteiger partial charge in [0, 0.05) is 22.1 Å². The monoisotopic (exact) mass is 359 g/mol. The molecular weight excluding hydrogens is 349 g/mol. The Bertz CT molecular complexity index is 590. The van der Waals surface area contributed by atoms with Crippen molar-refractivity contribution in [3.63, 3.8) is 0 Å². The molecule has 0 fully saturated rings. The molecule has 1 N–H and O–H groups in total. The first-order chi connectivity index (χ1) is 9.10. The zero-order chi connectivity index (χ0) is 13.8. The second kappa shape index (κ2) is 6.51. The van der Waals surface area contributed by atoms with Crippen LogP contribution in [0, 0.1) is 0 Å². The number of halogens is 3. The van der Waals surface area contributed by atoms with E-state index in [-0.39, 0.29) is 0 Å². The lowest BCUT2D eigenvalue weighted by atomic mass is 10.2. The highest BCUT2D eigenvalue weighted by molar-refractivity contribution is 9.10. The van der Waals surface area contributed by atoms with Crippen molar-refractivity contribution in [3.8, 4) is 5.75 Å². The highest BCUT2D eigenvalue weighted by Crippen LogP contribution is 2.28. The molecule has 2 aromatic carbocycles. The number of ether oxygens (including phenoxy) is 1. The van der Waals surface area contributed by atoms with Crippen LogP contribution in [0.1, 0.15) is 5.56 Å². The van der Waals surface area contributed by atoms with Gasteiger partial charge in [-0.25, -0.2) is 0 Å². The molecule has 0 radical (unpaired) electrons. The minimum absolute atomic E-state index is 0.588. The van der Waals surface area contributed by atoms with Crippen molar-refractivity contribution in [3.05, 3.63) is 56.5 Å². The van der Waals surface area contributed by atoms with E-state index in [9.17, 15) is 0 Å². The molecule has 2 rings (SSSR count). The molecule has 2 aromatic rings. The van der Waals surface area contributed by atoms with E-state index in [1.54, 1.807) is 13.2 Å². The van der Waals surface area contributed by atoms with E-state index in [0.29, 0.717) is 11.6 Å². The van der Waals surface area contributed by atoms with Crippen LogP contribution in [-0.4, -0.2) is 7.11 Å². The minimum Gasteiger partial charge on any atom is -0.497 e. The molecule has 100 valence electrons. The first-order valence-electron chi connectivity index (χ1n) is 5.61. The second-order valence-electron chi connectivity index (χ2n) is 3.94. The predicted molar refractivity (Wildman–Crippen MR) is 84.5 cm³/mol. The summed E-state index contributed by atoms with van der Waals surface area (Å²) in [5, 5.41) is 4.62. The fraction of sp³-hybridized carbons (Fsp3) is 0.143. The summed E-state index contributed by atoms with van der Waals surface area (Å²) in [6.07, 6.45) is 0. The predicted octanol–water partition coefficient (Wildman–Crippen LogP) is 5.38. The van der Waals surface area contributed by atoms with Crippen LogP contribution < -0.4 is 10.1 Å². The molecule has 0 aliphatic rings. The molecule has 2 nitrogen and oxygen atoms in total. The van der Waals surface area contributed by atoms with Gasteiger partial charge in [0.15, 0.2) is 0 Å². The van der Waals surface area contributed by atoms with Crippen molar-refractivity contribution in [2.45, 2.75) is 6.54 Å². The fourth-order valence-electron chi connectivity index (χ4n) is 1.64. The number of hydrogen-bond acceptors (Lipinski definition) is 2. The van der Waals surface area contributed by atoms with E-state index in [4.69, 9.17) is 27.9 Å². The average molecular weight is 361 g/mol. The molecule has 0 aromatic heterocycles. The summed E-state index contributed by atoms with van der Waals surface area (Å²) in [5.41, 5.74) is 1.81. The Labute approximate surface area is 130 Å². The third-order valence-corrected chi connectivity index (χ3v) is 3.84. The van der Waals surface area contributed by atoms with Gasteiger partial charge in [0.05, 0.1) is 17.8 Å². The number of anilines is 1. The summed E-state index contributed by atoms with van der Waals surface area (Å²) in [5.74, 6) is 0.757. The largest absolute Gasteiger partial charge is 0.497 e. The summed E-state index contributed by atoms with van der Waals surface area (Å²) < 4.78 is 6.16. The summed E-state index contributed by atoms with van der Waals surface area (Å²) in [7, 11) is 1.62. The third kappa shape index (κ3) is 3.78. The van der Waals surface area contributed by atoms with Crippen LogP contribution in [0.15, 0.2) is 40.9 Å². The Balaban J connectivity index is 2.16. The van der Waals surface area contributed by atoms with Crippen LogP contribution >= 0.6 is 39.1 Å². The van der Waals surface area contributed by atoms with Crippen LogP contribution in [0.25, 0.3) is 0 Å². The van der Waals surface area contributed by atoms with Gasteiger partial charge in [-0.3, -0.25) is 0 Å². The number of benzene rings is 2. The lowest BCUT2D eigenvalue weighted by molar-refractivity contribution is 0.415. The van der Waals surface area contributed by atoms with Gasteiger partial charge in [0.2, 0.25) is 0 Å². The second-order valence-corrected chi connectivity index (χ2v) is 5.67. The molecule has 0 aliphatic heterocycles. The fourth-order valence-corrected chi connectivity index (χ4v) is 2.41. The van der Waals surface area contributed by atoms with Gasteiger partial charge in [0.25, 0.3) is 0 Å². The molecule has 0 saturated carbocycles. The summed E-state index contributed by atoms with van der Waals surface area (Å²) >= 11 is 15.7. The van der Waals surface area contributed by atoms with Crippen molar-refractivity contribution in [2.75, 3.05) is 12.4 Å². The molecule has 0 aliphatic carbocycles. The summed E-state index contributed by atoms with van der Waals surface area (Å²) in [6.45, 7) is 0.588. The quantitative estimate of drug-likeness (QED) is 0.790. The Morgan fingerprint density at radius 1 is 1.11 bits per heavy atom. The van der Waals surface area contributed by atoms with E-state index in [2.05, 4.69) is 21.2 Å². The van der Waals surface area contributed by atoms with Crippen molar-refractivity contribution >= 4 is 44.8 Å². The normalized spacial score (nSPS) is 10.3. The zero-order valence-electron chi connectivity index (χ0n) is 10.2. The lowest BCUT2D eigenvalue weighted by Crippen LogP contribution is -2.01. The van der Waals surface area contributed by atoms with Crippen molar-refractivity contribution in [2.24, 2.45) is 0 Å². The molecule has 0 bridgehead atoms. The number of methoxy groups -OCH3 is 1. The summed E-state index contributed by atoms with van der Waals surface area (Å²) in [4.78, 5) is 0. The van der Waals surface area contributed by atoms with Gasteiger partial charge in [-0.05, 0) is 35.9 Å². The maximum atomic E-state index is 6.14. The molecule has 0 saturated heterocycles. The smallest absolute Gasteiger partial charge is 0.121 e. The molecule has 19 heavy (non-hydrogen) atoms. The zero-order valence-corrected chi connectivity index (χ0v) is 13.3. The Morgan fingerprint density at radius 3 is 2.58 bits per heavy atom. The van der Waals surface area contributed by atoms with Crippen LogP contribution in [0.3, 0.4) is 0 Å². The standard InChI is InChI=1S/C14H12BrCl2NO/c1-19-11-3-5-13(17)14(7-11)18-8-9-6-10(15)2-4-12(9)16/h2-7,18H,8H2,1H3. The molecule has 0 heterocycles. The minimum atomic E-state index is 0.588. The van der Waals surface area contributed by atoms with E-state index in [0.717, 1.165) is 26.5 Å². The average Bonchev–Trinajstić information content (AvgIpc) is 2.41. The molecule has 0 unspecified atom stereocenters. The molecule has 0 atom stereocenters. The maximum Gasteiger partial charge on any atom is 0.121 e. The lowest BCUT2D eigenvalue weighted by Gasteiger charge is -2.11. The van der Waals surface area contributed by atoms with Gasteiger partial charge in [-0.15, -0.1) is 0 Å². The SMILES string of the molecule is COc1ccc(Cl)c(NCc2cc(Br)ccc2Cl)c1. The van der Waals surface area contributed by atoms with E-state index >= 15 is 0 Å². The van der Waals surface area contributed by atoms with Gasteiger partial charge < -0.3 is 10.1 Å². The summed E-state index contributed by atoms with van der Waals surface area (Å²) in [6, 6.07) is 11.2. The van der Waals surface area contributed by atoms with Gasteiger partial charge in [0.1, 0.15) is 5.75 Å². The third-order valence-electron chi connectivity index (χ3n) is 2.65. The number of nitrogens with one attached hydrogen (secondary N) is 1. The Morgan fingerprint density at radius 2 is 1.84 bits per heavy atom. The molecule has 5 heteroatoms. The highest BCUT2D eigenvalue weighted by atomic mass is 79.9. The number of rotatable bonds is 4. The van der Waals surface area contributed by atoms with E-state index in [1.807, 2.05) is 30.3 Å². The first kappa shape index (κ1) is 14.5. The molecular formula is C14H12BrCl2NO. The van der Waals surface area contributed by atoms with Gasteiger partial charge in [-0.1, -0.05) is 39.1 Å². The van der Waals surface area contributed by atoms with Crippen LogP contribution in [-0.2, 0) is 6.54 Å². The van der Waals surface area contributed by atoms with Gasteiger partial charge >= 0.3 is 0 Å². The first-order valence-corrected chi connectivity index (χ1v) is 7.16. The van der Waals surface area contributed by atoms with Crippen LogP contribution in [0.2, 0.25) is 10.0 Å². The number of hydrogen-bond donors (Lipinski definition) is 1. The van der Waals surface area contributed by atoms with E-state index in [1.165, 1.54) is 0 Å². The van der Waals surface area contributed by atoms with Crippen molar-refractivity contribution in [1.29, 1.82) is 0 Å². The topological polar surface area (TPSA) is 21.3 Å². The molecule has 0 amide bonds. The van der Waals surface area contributed by atoms with E-state index < -0.39 is 0 Å².